The SMILES string of the molecule is O=C1CN(CCOCCCCS(=O)(=O)c2cccc(OCC3CC3)c2)C(=O)N1. The van der Waals surface area contributed by atoms with Crippen molar-refractivity contribution in [3.8, 4) is 5.75 Å². The molecule has 1 aliphatic carbocycles. The van der Waals surface area contributed by atoms with Crippen LogP contribution in [-0.4, -0.2) is 63.9 Å². The van der Waals surface area contributed by atoms with E-state index in [4.69, 9.17) is 9.47 Å². The molecule has 0 atom stereocenters. The molecule has 154 valence electrons. The smallest absolute Gasteiger partial charge is 0.324 e. The van der Waals surface area contributed by atoms with E-state index in [9.17, 15) is 18.0 Å². The van der Waals surface area contributed by atoms with Gasteiger partial charge >= 0.3 is 6.03 Å². The number of nitrogens with zero attached hydrogens (tertiary/aromatic N) is 1. The maximum absolute atomic E-state index is 12.5. The quantitative estimate of drug-likeness (QED) is 0.415. The third-order valence-electron chi connectivity index (χ3n) is 4.67. The fourth-order valence-electron chi connectivity index (χ4n) is 2.81. The van der Waals surface area contributed by atoms with Gasteiger partial charge in [-0.25, -0.2) is 13.2 Å². The van der Waals surface area contributed by atoms with Crippen LogP contribution in [0.15, 0.2) is 29.2 Å². The lowest BCUT2D eigenvalue weighted by atomic mass is 10.3. The van der Waals surface area contributed by atoms with Crippen molar-refractivity contribution in [2.75, 3.05) is 38.7 Å². The van der Waals surface area contributed by atoms with E-state index in [0.717, 1.165) is 0 Å². The number of carbonyl (C=O) groups excluding carboxylic acids is 2. The van der Waals surface area contributed by atoms with Gasteiger partial charge in [-0.2, -0.15) is 0 Å². The van der Waals surface area contributed by atoms with Gasteiger partial charge in [-0.15, -0.1) is 0 Å². The molecule has 8 nitrogen and oxygen atoms in total. The molecule has 1 aromatic carbocycles. The predicted molar refractivity (Wildman–Crippen MR) is 102 cm³/mol. The van der Waals surface area contributed by atoms with Crippen molar-refractivity contribution in [1.82, 2.24) is 10.2 Å². The highest BCUT2D eigenvalue weighted by atomic mass is 32.2. The second kappa shape index (κ2) is 9.38. The number of benzene rings is 1. The highest BCUT2D eigenvalue weighted by Gasteiger charge is 2.26. The van der Waals surface area contributed by atoms with Crippen LogP contribution in [0.3, 0.4) is 0 Å². The zero-order chi connectivity index (χ0) is 20.0. The Morgan fingerprint density at radius 3 is 2.68 bits per heavy atom. The van der Waals surface area contributed by atoms with E-state index < -0.39 is 15.9 Å². The van der Waals surface area contributed by atoms with Crippen molar-refractivity contribution in [2.24, 2.45) is 5.92 Å². The molecule has 1 saturated heterocycles. The summed E-state index contributed by atoms with van der Waals surface area (Å²) in [6, 6.07) is 6.28. The molecule has 2 fully saturated rings. The van der Waals surface area contributed by atoms with Crippen molar-refractivity contribution in [3.05, 3.63) is 24.3 Å². The molecule has 28 heavy (non-hydrogen) atoms. The minimum atomic E-state index is -3.36. The van der Waals surface area contributed by atoms with Crippen LogP contribution in [0.4, 0.5) is 4.79 Å². The molecule has 9 heteroatoms. The Morgan fingerprint density at radius 2 is 1.96 bits per heavy atom. The Morgan fingerprint density at radius 1 is 1.14 bits per heavy atom. The van der Waals surface area contributed by atoms with E-state index in [1.807, 2.05) is 0 Å². The van der Waals surface area contributed by atoms with Crippen molar-refractivity contribution in [1.29, 1.82) is 0 Å². The first kappa shape index (κ1) is 20.6. The third-order valence-corrected chi connectivity index (χ3v) is 6.47. The zero-order valence-corrected chi connectivity index (χ0v) is 16.6. The molecule has 3 amide bonds. The molecule has 0 spiro atoms. The second-order valence-corrected chi connectivity index (χ2v) is 9.25. The minimum Gasteiger partial charge on any atom is -0.493 e. The molecule has 0 bridgehead atoms. The largest absolute Gasteiger partial charge is 0.493 e. The minimum absolute atomic E-state index is 0.0471. The number of unbranched alkanes of at least 4 members (excludes halogenated alkanes) is 1. The van der Waals surface area contributed by atoms with Crippen molar-refractivity contribution in [3.63, 3.8) is 0 Å². The van der Waals surface area contributed by atoms with E-state index in [1.165, 1.54) is 17.7 Å². The topological polar surface area (TPSA) is 102 Å². The molecule has 0 aromatic heterocycles. The van der Waals surface area contributed by atoms with E-state index >= 15 is 0 Å². The lowest BCUT2D eigenvalue weighted by molar-refractivity contribution is -0.118. The van der Waals surface area contributed by atoms with Crippen molar-refractivity contribution >= 4 is 21.8 Å². The Balaban J connectivity index is 1.33. The number of amides is 3. The maximum atomic E-state index is 12.5. The van der Waals surface area contributed by atoms with Gasteiger partial charge < -0.3 is 14.4 Å². The fraction of sp³-hybridized carbons (Fsp3) is 0.579. The normalized spacial score (nSPS) is 17.1. The molecule has 1 heterocycles. The number of hydrogen-bond acceptors (Lipinski definition) is 6. The summed E-state index contributed by atoms with van der Waals surface area (Å²) in [7, 11) is -3.36. The summed E-state index contributed by atoms with van der Waals surface area (Å²) >= 11 is 0. The van der Waals surface area contributed by atoms with Crippen LogP contribution in [0.25, 0.3) is 0 Å². The summed E-state index contributed by atoms with van der Waals surface area (Å²) < 4.78 is 36.1. The Kier molecular flexibility index (Phi) is 6.90. The first-order chi connectivity index (χ1) is 13.4. The van der Waals surface area contributed by atoms with Gasteiger partial charge in [0.2, 0.25) is 5.91 Å². The summed E-state index contributed by atoms with van der Waals surface area (Å²) in [4.78, 5) is 24.1. The van der Waals surface area contributed by atoms with Gasteiger partial charge in [0, 0.05) is 13.2 Å². The standard InChI is InChI=1S/C19H26N2O6S/c22-18-13-21(19(23)20-18)8-10-26-9-1-2-11-28(24,25)17-5-3-4-16(12-17)27-14-15-6-7-15/h3-5,12,15H,1-2,6-11,13-14H2,(H,20,22,23). The molecule has 0 radical (unpaired) electrons. The molecule has 2 aliphatic rings. The van der Waals surface area contributed by atoms with Crippen LogP contribution in [0.5, 0.6) is 5.75 Å². The molecule has 0 unspecified atom stereocenters. The molecule has 1 saturated carbocycles. The summed E-state index contributed by atoms with van der Waals surface area (Å²) in [5.41, 5.74) is 0. The molecule has 3 rings (SSSR count). The Bertz CT molecular complexity index is 806. The van der Waals surface area contributed by atoms with Gasteiger partial charge in [0.25, 0.3) is 0 Å². The lowest BCUT2D eigenvalue weighted by Crippen LogP contribution is -2.31. The molecule has 1 aromatic rings. The van der Waals surface area contributed by atoms with Crippen LogP contribution in [0.1, 0.15) is 25.7 Å². The van der Waals surface area contributed by atoms with Gasteiger partial charge in [0.1, 0.15) is 12.3 Å². The molecule has 1 aliphatic heterocycles. The fourth-order valence-corrected chi connectivity index (χ4v) is 4.21. The van der Waals surface area contributed by atoms with Crippen LogP contribution >= 0.6 is 0 Å². The van der Waals surface area contributed by atoms with Crippen molar-refractivity contribution in [2.45, 2.75) is 30.6 Å². The Hall–Kier alpha value is -2.13. The van der Waals surface area contributed by atoms with E-state index in [1.54, 1.807) is 24.3 Å². The molecule has 1 N–H and O–H groups in total. The molecular weight excluding hydrogens is 384 g/mol. The number of carbonyl (C=O) groups is 2. The van der Waals surface area contributed by atoms with E-state index in [-0.39, 0.29) is 23.1 Å². The van der Waals surface area contributed by atoms with Crippen LogP contribution < -0.4 is 10.1 Å². The average Bonchev–Trinajstić information content (AvgIpc) is 3.43. The lowest BCUT2D eigenvalue weighted by Gasteiger charge is -2.13. The van der Waals surface area contributed by atoms with E-state index in [2.05, 4.69) is 5.32 Å². The monoisotopic (exact) mass is 410 g/mol. The van der Waals surface area contributed by atoms with Gasteiger partial charge in [0.15, 0.2) is 9.84 Å². The van der Waals surface area contributed by atoms with Gasteiger partial charge in [0.05, 0.1) is 23.9 Å². The number of sulfone groups is 1. The summed E-state index contributed by atoms with van der Waals surface area (Å²) in [6.45, 7) is 1.76. The first-order valence-electron chi connectivity index (χ1n) is 9.56. The number of urea groups is 1. The number of imide groups is 1. The van der Waals surface area contributed by atoms with Gasteiger partial charge in [-0.3, -0.25) is 10.1 Å². The van der Waals surface area contributed by atoms with Crippen LogP contribution in [0, 0.1) is 5.92 Å². The Labute approximate surface area is 165 Å². The molecular formula is C19H26N2O6S. The third kappa shape index (κ3) is 6.20. The number of hydrogen-bond donors (Lipinski definition) is 1. The first-order valence-corrected chi connectivity index (χ1v) is 11.2. The second-order valence-electron chi connectivity index (χ2n) is 7.14. The number of nitrogens with one attached hydrogen (secondary N) is 1. The van der Waals surface area contributed by atoms with Gasteiger partial charge in [-0.1, -0.05) is 6.07 Å². The summed E-state index contributed by atoms with van der Waals surface area (Å²) in [6.07, 6.45) is 3.45. The van der Waals surface area contributed by atoms with Crippen LogP contribution in [0.2, 0.25) is 0 Å². The number of ether oxygens (including phenoxy) is 2. The zero-order valence-electron chi connectivity index (χ0n) is 15.8. The highest BCUT2D eigenvalue weighted by Crippen LogP contribution is 2.30. The van der Waals surface area contributed by atoms with Crippen LogP contribution in [-0.2, 0) is 19.4 Å². The summed E-state index contributed by atoms with van der Waals surface area (Å²) in [5, 5.41) is 2.20. The highest BCUT2D eigenvalue weighted by molar-refractivity contribution is 7.91. The maximum Gasteiger partial charge on any atom is 0.324 e. The number of rotatable bonds is 12. The summed E-state index contributed by atoms with van der Waals surface area (Å²) in [5.74, 6) is 0.949. The van der Waals surface area contributed by atoms with Crippen molar-refractivity contribution < 1.29 is 27.5 Å². The predicted octanol–water partition coefficient (Wildman–Crippen LogP) is 1.60. The van der Waals surface area contributed by atoms with Gasteiger partial charge in [-0.05, 0) is 49.8 Å². The average molecular weight is 410 g/mol. The van der Waals surface area contributed by atoms with E-state index in [0.29, 0.717) is 50.9 Å².